The fourth-order valence-corrected chi connectivity index (χ4v) is 2.14. The van der Waals surface area contributed by atoms with Gasteiger partial charge in [0.2, 0.25) is 0 Å². The van der Waals surface area contributed by atoms with Crippen LogP contribution in [0.3, 0.4) is 0 Å². The standard InChI is InChI=1S/C12H26N2O/c1-10(2)13-7-11(3)8-14-6-4-5-12(15)9-14/h10-13,15H,4-9H2,1-3H3. The molecule has 3 heteroatoms. The molecule has 2 N–H and O–H groups in total. The Bertz CT molecular complexity index is 173. The molecular formula is C12H26N2O. The first-order valence-electron chi connectivity index (χ1n) is 6.21. The minimum absolute atomic E-state index is 0.0935. The molecule has 3 nitrogen and oxygen atoms in total. The summed E-state index contributed by atoms with van der Waals surface area (Å²) in [5.41, 5.74) is 0. The van der Waals surface area contributed by atoms with Crippen molar-refractivity contribution >= 4 is 0 Å². The predicted octanol–water partition coefficient (Wildman–Crippen LogP) is 1.08. The minimum Gasteiger partial charge on any atom is -0.392 e. The second-order valence-electron chi connectivity index (χ2n) is 5.22. The Morgan fingerprint density at radius 1 is 1.40 bits per heavy atom. The highest BCUT2D eigenvalue weighted by Gasteiger charge is 2.18. The lowest BCUT2D eigenvalue weighted by Crippen LogP contribution is -2.42. The van der Waals surface area contributed by atoms with E-state index in [1.165, 1.54) is 0 Å². The van der Waals surface area contributed by atoms with E-state index in [0.29, 0.717) is 12.0 Å². The molecular weight excluding hydrogens is 188 g/mol. The molecule has 0 aliphatic carbocycles. The average Bonchev–Trinajstić information content (AvgIpc) is 2.15. The Hall–Kier alpha value is -0.120. The van der Waals surface area contributed by atoms with E-state index < -0.39 is 0 Å². The van der Waals surface area contributed by atoms with Crippen molar-refractivity contribution in [1.29, 1.82) is 0 Å². The number of nitrogens with one attached hydrogen (secondary N) is 1. The quantitative estimate of drug-likeness (QED) is 0.719. The summed E-state index contributed by atoms with van der Waals surface area (Å²) in [7, 11) is 0. The average molecular weight is 214 g/mol. The highest BCUT2D eigenvalue weighted by atomic mass is 16.3. The monoisotopic (exact) mass is 214 g/mol. The third kappa shape index (κ3) is 5.50. The number of β-amino-alcohol motifs (C(OH)–C–C–N with tert-alkyl or cyclic N) is 1. The fraction of sp³-hybridized carbons (Fsp3) is 1.00. The first-order valence-corrected chi connectivity index (χ1v) is 6.21. The summed E-state index contributed by atoms with van der Waals surface area (Å²) in [5.74, 6) is 0.665. The molecule has 0 aromatic rings. The third-order valence-corrected chi connectivity index (χ3v) is 2.93. The number of aliphatic hydroxyl groups is 1. The van der Waals surface area contributed by atoms with Crippen LogP contribution in [0.4, 0.5) is 0 Å². The van der Waals surface area contributed by atoms with E-state index in [9.17, 15) is 5.11 Å². The highest BCUT2D eigenvalue weighted by molar-refractivity contribution is 4.74. The van der Waals surface area contributed by atoms with Gasteiger partial charge in [0.25, 0.3) is 0 Å². The zero-order valence-corrected chi connectivity index (χ0v) is 10.4. The number of rotatable bonds is 5. The number of nitrogens with zero attached hydrogens (tertiary/aromatic N) is 1. The molecule has 0 radical (unpaired) electrons. The second kappa shape index (κ2) is 6.46. The Labute approximate surface area is 93.9 Å². The molecule has 1 rings (SSSR count). The van der Waals surface area contributed by atoms with Crippen molar-refractivity contribution in [2.45, 2.75) is 45.8 Å². The van der Waals surface area contributed by atoms with E-state index in [-0.39, 0.29) is 6.10 Å². The van der Waals surface area contributed by atoms with Gasteiger partial charge in [-0.2, -0.15) is 0 Å². The minimum atomic E-state index is -0.0935. The van der Waals surface area contributed by atoms with Crippen molar-refractivity contribution in [2.24, 2.45) is 5.92 Å². The lowest BCUT2D eigenvalue weighted by atomic mass is 10.1. The van der Waals surface area contributed by atoms with E-state index in [2.05, 4.69) is 31.0 Å². The summed E-state index contributed by atoms with van der Waals surface area (Å²) < 4.78 is 0. The first kappa shape index (κ1) is 12.9. The molecule has 0 saturated carbocycles. The molecule has 1 fully saturated rings. The van der Waals surface area contributed by atoms with E-state index >= 15 is 0 Å². The molecule has 1 heterocycles. The van der Waals surface area contributed by atoms with E-state index in [0.717, 1.165) is 39.0 Å². The summed E-state index contributed by atoms with van der Waals surface area (Å²) in [4.78, 5) is 2.39. The number of likely N-dealkylation sites (tertiary alicyclic amines) is 1. The highest BCUT2D eigenvalue weighted by Crippen LogP contribution is 2.11. The number of aliphatic hydroxyl groups excluding tert-OH is 1. The van der Waals surface area contributed by atoms with E-state index in [1.54, 1.807) is 0 Å². The molecule has 0 spiro atoms. The fourth-order valence-electron chi connectivity index (χ4n) is 2.14. The summed E-state index contributed by atoms with van der Waals surface area (Å²) in [6.07, 6.45) is 2.03. The van der Waals surface area contributed by atoms with Gasteiger partial charge in [-0.3, -0.25) is 0 Å². The van der Waals surface area contributed by atoms with Gasteiger partial charge < -0.3 is 15.3 Å². The Balaban J connectivity index is 2.16. The van der Waals surface area contributed by atoms with Crippen LogP contribution in [-0.4, -0.2) is 48.3 Å². The number of piperidine rings is 1. The van der Waals surface area contributed by atoms with Crippen LogP contribution in [0.2, 0.25) is 0 Å². The largest absolute Gasteiger partial charge is 0.392 e. The molecule has 0 amide bonds. The molecule has 0 bridgehead atoms. The lowest BCUT2D eigenvalue weighted by Gasteiger charge is -2.32. The van der Waals surface area contributed by atoms with Gasteiger partial charge in [-0.1, -0.05) is 20.8 Å². The summed E-state index contributed by atoms with van der Waals surface area (Å²) >= 11 is 0. The summed E-state index contributed by atoms with van der Waals surface area (Å²) in [5, 5.41) is 13.0. The lowest BCUT2D eigenvalue weighted by molar-refractivity contribution is 0.0633. The van der Waals surface area contributed by atoms with Crippen LogP contribution < -0.4 is 5.32 Å². The predicted molar refractivity (Wildman–Crippen MR) is 64.0 cm³/mol. The molecule has 15 heavy (non-hydrogen) atoms. The number of hydrogen-bond acceptors (Lipinski definition) is 3. The molecule has 1 aliphatic heterocycles. The van der Waals surface area contributed by atoms with Crippen molar-refractivity contribution in [3.05, 3.63) is 0 Å². The van der Waals surface area contributed by atoms with Crippen LogP contribution in [0.15, 0.2) is 0 Å². The summed E-state index contributed by atoms with van der Waals surface area (Å²) in [6, 6.07) is 0.569. The van der Waals surface area contributed by atoms with Crippen molar-refractivity contribution < 1.29 is 5.11 Å². The summed E-state index contributed by atoms with van der Waals surface area (Å²) in [6.45, 7) is 10.8. The molecule has 1 aliphatic rings. The van der Waals surface area contributed by atoms with Crippen LogP contribution >= 0.6 is 0 Å². The Morgan fingerprint density at radius 2 is 2.13 bits per heavy atom. The zero-order chi connectivity index (χ0) is 11.3. The maximum atomic E-state index is 9.55. The number of hydrogen-bond donors (Lipinski definition) is 2. The van der Waals surface area contributed by atoms with Gasteiger partial charge >= 0.3 is 0 Å². The van der Waals surface area contributed by atoms with Gasteiger partial charge in [0.1, 0.15) is 0 Å². The van der Waals surface area contributed by atoms with Crippen molar-refractivity contribution in [1.82, 2.24) is 10.2 Å². The molecule has 90 valence electrons. The Morgan fingerprint density at radius 3 is 2.73 bits per heavy atom. The normalized spacial score (nSPS) is 25.8. The van der Waals surface area contributed by atoms with Crippen molar-refractivity contribution in [3.63, 3.8) is 0 Å². The van der Waals surface area contributed by atoms with E-state index in [1.807, 2.05) is 0 Å². The van der Waals surface area contributed by atoms with Gasteiger partial charge in [0.15, 0.2) is 0 Å². The van der Waals surface area contributed by atoms with Crippen molar-refractivity contribution in [3.8, 4) is 0 Å². The smallest absolute Gasteiger partial charge is 0.0667 e. The SMILES string of the molecule is CC(CNC(C)C)CN1CCCC(O)C1. The van der Waals surface area contributed by atoms with Gasteiger partial charge in [0.05, 0.1) is 6.10 Å². The van der Waals surface area contributed by atoms with Gasteiger partial charge in [0, 0.05) is 19.1 Å². The molecule has 0 aromatic heterocycles. The van der Waals surface area contributed by atoms with Crippen LogP contribution in [-0.2, 0) is 0 Å². The Kier molecular flexibility index (Phi) is 5.58. The van der Waals surface area contributed by atoms with Gasteiger partial charge in [-0.05, 0) is 31.8 Å². The van der Waals surface area contributed by atoms with Crippen LogP contribution in [0.1, 0.15) is 33.6 Å². The van der Waals surface area contributed by atoms with Crippen molar-refractivity contribution in [2.75, 3.05) is 26.2 Å². The maximum absolute atomic E-state index is 9.55. The molecule has 2 atom stereocenters. The second-order valence-corrected chi connectivity index (χ2v) is 5.22. The maximum Gasteiger partial charge on any atom is 0.0667 e. The van der Waals surface area contributed by atoms with Crippen LogP contribution in [0, 0.1) is 5.92 Å². The molecule has 1 saturated heterocycles. The zero-order valence-electron chi connectivity index (χ0n) is 10.4. The third-order valence-electron chi connectivity index (χ3n) is 2.93. The van der Waals surface area contributed by atoms with E-state index in [4.69, 9.17) is 0 Å². The topological polar surface area (TPSA) is 35.5 Å². The van der Waals surface area contributed by atoms with Gasteiger partial charge in [-0.15, -0.1) is 0 Å². The van der Waals surface area contributed by atoms with Crippen LogP contribution in [0.5, 0.6) is 0 Å². The van der Waals surface area contributed by atoms with Crippen LogP contribution in [0.25, 0.3) is 0 Å². The van der Waals surface area contributed by atoms with Gasteiger partial charge in [-0.25, -0.2) is 0 Å². The molecule has 0 aromatic carbocycles. The molecule has 2 unspecified atom stereocenters. The first-order chi connectivity index (χ1) is 7.08.